The number of aromatic nitrogens is 1. The van der Waals surface area contributed by atoms with Gasteiger partial charge in [0.2, 0.25) is 0 Å². The number of anilines is 3. The van der Waals surface area contributed by atoms with Crippen molar-refractivity contribution >= 4 is 81.1 Å². The van der Waals surface area contributed by atoms with Gasteiger partial charge in [-0.3, -0.25) is 0 Å². The van der Waals surface area contributed by atoms with Gasteiger partial charge in [0.15, 0.2) is 0 Å². The van der Waals surface area contributed by atoms with Gasteiger partial charge in [0.1, 0.15) is 0 Å². The minimum Gasteiger partial charge on any atom is -0.310 e. The van der Waals surface area contributed by atoms with E-state index in [9.17, 15) is 0 Å². The minimum atomic E-state index is 0.949. The van der Waals surface area contributed by atoms with Gasteiger partial charge in [-0.1, -0.05) is 115 Å². The summed E-state index contributed by atoms with van der Waals surface area (Å²) in [5, 5.41) is 7.67. The molecule has 3 heteroatoms. The largest absolute Gasteiger partial charge is 0.310 e. The maximum atomic E-state index is 2.50. The molecule has 0 unspecified atom stereocenters. The van der Waals surface area contributed by atoms with Gasteiger partial charge >= 0.3 is 0 Å². The molecular weight excluding hydrogens is 625 g/mol. The second kappa shape index (κ2) is 10.7. The Morgan fingerprint density at radius 2 is 1.10 bits per heavy atom. The molecule has 0 amide bonds. The molecule has 1 aliphatic rings. The number of fused-ring (bicyclic) bond motifs is 11. The lowest BCUT2D eigenvalue weighted by atomic mass is 9.99. The summed E-state index contributed by atoms with van der Waals surface area (Å²) in [7, 11) is 0. The van der Waals surface area contributed by atoms with Crippen LogP contribution in [0.1, 0.15) is 11.1 Å². The number of thiophene rings is 1. The quantitative estimate of drug-likeness (QED) is 0.183. The van der Waals surface area contributed by atoms with Crippen LogP contribution in [0.3, 0.4) is 0 Å². The van der Waals surface area contributed by atoms with Gasteiger partial charge in [0.05, 0.1) is 16.7 Å². The summed E-state index contributed by atoms with van der Waals surface area (Å²) in [5.41, 5.74) is 12.5. The van der Waals surface area contributed by atoms with Gasteiger partial charge in [-0.05, 0) is 88.7 Å². The van der Waals surface area contributed by atoms with E-state index < -0.39 is 0 Å². The monoisotopic (exact) mass is 654 g/mol. The molecule has 0 saturated heterocycles. The summed E-state index contributed by atoms with van der Waals surface area (Å²) in [5.74, 6) is 0. The summed E-state index contributed by atoms with van der Waals surface area (Å²) >= 11 is 1.87. The highest BCUT2D eigenvalue weighted by Gasteiger charge is 2.24. The molecule has 2 aromatic heterocycles. The normalized spacial score (nSPS) is 12.3. The average molecular weight is 655 g/mol. The van der Waals surface area contributed by atoms with E-state index in [0.717, 1.165) is 17.8 Å². The van der Waals surface area contributed by atoms with Gasteiger partial charge in [-0.25, -0.2) is 0 Å². The first-order valence-electron chi connectivity index (χ1n) is 17.2. The Hall–Kier alpha value is -6.16. The number of hydrogen-bond acceptors (Lipinski definition) is 2. The van der Waals surface area contributed by atoms with Crippen LogP contribution >= 0.6 is 11.3 Å². The van der Waals surface area contributed by atoms with Crippen molar-refractivity contribution in [2.75, 3.05) is 4.90 Å². The molecule has 0 spiro atoms. The molecule has 234 valence electrons. The van der Waals surface area contributed by atoms with Crippen LogP contribution in [0.15, 0.2) is 170 Å². The molecule has 0 atom stereocenters. The van der Waals surface area contributed by atoms with Crippen molar-refractivity contribution in [2.45, 2.75) is 6.42 Å². The van der Waals surface area contributed by atoms with Crippen LogP contribution in [0.5, 0.6) is 0 Å². The van der Waals surface area contributed by atoms with E-state index in [4.69, 9.17) is 0 Å². The second-order valence-corrected chi connectivity index (χ2v) is 14.4. The predicted octanol–water partition coefficient (Wildman–Crippen LogP) is 13.3. The van der Waals surface area contributed by atoms with E-state index in [2.05, 4.69) is 179 Å². The minimum absolute atomic E-state index is 0.949. The molecule has 8 aromatic carbocycles. The third-order valence-corrected chi connectivity index (χ3v) is 11.7. The van der Waals surface area contributed by atoms with E-state index in [1.165, 1.54) is 86.4 Å². The average Bonchev–Trinajstić information content (AvgIpc) is 3.84. The van der Waals surface area contributed by atoms with Gasteiger partial charge in [0.25, 0.3) is 0 Å². The maximum absolute atomic E-state index is 2.50. The summed E-state index contributed by atoms with van der Waals surface area (Å²) in [6, 6.07) is 62.7. The molecule has 0 radical (unpaired) electrons. The molecule has 1 aliphatic carbocycles. The predicted molar refractivity (Wildman–Crippen MR) is 214 cm³/mol. The Kier molecular flexibility index (Phi) is 5.92. The fourth-order valence-electron chi connectivity index (χ4n) is 8.40. The van der Waals surface area contributed by atoms with E-state index >= 15 is 0 Å². The molecule has 10 aromatic rings. The van der Waals surface area contributed by atoms with Crippen LogP contribution in [-0.4, -0.2) is 4.57 Å². The van der Waals surface area contributed by atoms with Gasteiger partial charge in [-0.2, -0.15) is 0 Å². The van der Waals surface area contributed by atoms with Crippen molar-refractivity contribution in [1.29, 1.82) is 0 Å². The Balaban J connectivity index is 1.23. The number of nitrogens with zero attached hydrogens (tertiary/aromatic N) is 2. The first-order valence-corrected chi connectivity index (χ1v) is 18.0. The van der Waals surface area contributed by atoms with Crippen molar-refractivity contribution < 1.29 is 0 Å². The molecule has 11 rings (SSSR count). The molecule has 2 nitrogen and oxygen atoms in total. The molecule has 0 bridgehead atoms. The van der Waals surface area contributed by atoms with E-state index in [1.54, 1.807) is 0 Å². The first-order chi connectivity index (χ1) is 24.8. The van der Waals surface area contributed by atoms with Crippen molar-refractivity contribution in [3.63, 3.8) is 0 Å². The highest BCUT2D eigenvalue weighted by atomic mass is 32.1. The molecule has 0 N–H and O–H groups in total. The third-order valence-electron chi connectivity index (χ3n) is 10.6. The molecular formula is C47H30N2S. The van der Waals surface area contributed by atoms with Crippen molar-refractivity contribution in [1.82, 2.24) is 4.57 Å². The van der Waals surface area contributed by atoms with E-state index in [1.807, 2.05) is 11.3 Å². The highest BCUT2D eigenvalue weighted by Crippen LogP contribution is 2.48. The van der Waals surface area contributed by atoms with Crippen LogP contribution < -0.4 is 4.90 Å². The Morgan fingerprint density at radius 1 is 0.440 bits per heavy atom. The van der Waals surface area contributed by atoms with Crippen LogP contribution in [0.4, 0.5) is 17.1 Å². The zero-order chi connectivity index (χ0) is 32.8. The summed E-state index contributed by atoms with van der Waals surface area (Å²) < 4.78 is 5.06. The molecule has 0 saturated carbocycles. The lowest BCUT2D eigenvalue weighted by Crippen LogP contribution is -2.11. The Labute approximate surface area is 293 Å². The molecule has 50 heavy (non-hydrogen) atoms. The number of rotatable bonds is 4. The van der Waals surface area contributed by atoms with E-state index in [-0.39, 0.29) is 0 Å². The number of para-hydroxylation sites is 2. The van der Waals surface area contributed by atoms with Gasteiger partial charge in [0, 0.05) is 53.4 Å². The topological polar surface area (TPSA) is 8.17 Å². The highest BCUT2D eigenvalue weighted by molar-refractivity contribution is 7.25. The summed E-state index contributed by atoms with van der Waals surface area (Å²) in [6.45, 7) is 0. The summed E-state index contributed by atoms with van der Waals surface area (Å²) in [4.78, 5) is 2.50. The van der Waals surface area contributed by atoms with Crippen LogP contribution in [0.2, 0.25) is 0 Å². The zero-order valence-electron chi connectivity index (χ0n) is 27.2. The Bertz CT molecular complexity index is 2970. The lowest BCUT2D eigenvalue weighted by molar-refractivity contribution is 1.18. The van der Waals surface area contributed by atoms with Crippen LogP contribution in [-0.2, 0) is 6.42 Å². The lowest BCUT2D eigenvalue weighted by Gasteiger charge is -2.28. The smallest absolute Gasteiger partial charge is 0.0568 e. The molecule has 2 heterocycles. The second-order valence-electron chi connectivity index (χ2n) is 13.3. The fraction of sp³-hybridized carbons (Fsp3) is 0.0213. The first kappa shape index (κ1) is 27.8. The van der Waals surface area contributed by atoms with Crippen molar-refractivity contribution in [3.8, 4) is 16.8 Å². The fourth-order valence-corrected chi connectivity index (χ4v) is 9.54. The zero-order valence-corrected chi connectivity index (χ0v) is 28.0. The number of hydrogen-bond donors (Lipinski definition) is 0. The number of benzene rings is 8. The van der Waals surface area contributed by atoms with Crippen molar-refractivity contribution in [2.24, 2.45) is 0 Å². The van der Waals surface area contributed by atoms with Crippen LogP contribution in [0, 0.1) is 0 Å². The Morgan fingerprint density at radius 3 is 2.00 bits per heavy atom. The third kappa shape index (κ3) is 4.01. The van der Waals surface area contributed by atoms with Crippen molar-refractivity contribution in [3.05, 3.63) is 181 Å². The van der Waals surface area contributed by atoms with Gasteiger partial charge < -0.3 is 9.47 Å². The SMILES string of the molecule is c1ccc(-n2c3ccccc3c3c4ccccc4c(N(c4ccc5c(c4)Cc4ccccc4-5)c4ccc5c(c4)sc4ccccc45)cc32)cc1. The summed E-state index contributed by atoms with van der Waals surface area (Å²) in [6.07, 6.45) is 0.949. The molecule has 0 aliphatic heterocycles. The van der Waals surface area contributed by atoms with E-state index in [0.29, 0.717) is 0 Å². The van der Waals surface area contributed by atoms with Crippen LogP contribution in [0.25, 0.3) is 69.6 Å². The van der Waals surface area contributed by atoms with Gasteiger partial charge in [-0.15, -0.1) is 11.3 Å². The molecule has 0 fully saturated rings. The standard InChI is InChI=1S/C47H30N2S/c1-2-13-32(14-3-1)49-42-20-10-8-19-41(42)47-40-18-7-6-16-37(40)43(29-44(47)49)48(33-22-24-36-31(27-33)26-30-12-4-5-15-35(30)36)34-23-25-39-38-17-9-11-21-45(38)50-46(39)28-34/h1-25,27-29H,26H2. The maximum Gasteiger partial charge on any atom is 0.0568 e.